The second-order valence-electron chi connectivity index (χ2n) is 6.96. The predicted octanol–water partition coefficient (Wildman–Crippen LogP) is 2.12. The Hall–Kier alpha value is -0.120. The molecule has 0 aromatic heterocycles. The van der Waals surface area contributed by atoms with Gasteiger partial charge in [0.05, 0.1) is 13.2 Å². The molecule has 0 aromatic rings. The second-order valence-corrected chi connectivity index (χ2v) is 6.96. The minimum Gasteiger partial charge on any atom is -0.379 e. The van der Waals surface area contributed by atoms with Crippen LogP contribution in [0.25, 0.3) is 0 Å². The van der Waals surface area contributed by atoms with E-state index in [0.29, 0.717) is 12.0 Å². The minimum absolute atomic E-state index is 0.598. The van der Waals surface area contributed by atoms with Crippen LogP contribution in [0.2, 0.25) is 0 Å². The van der Waals surface area contributed by atoms with Crippen LogP contribution in [0, 0.1) is 17.8 Å². The first-order valence-corrected chi connectivity index (χ1v) is 8.38. The van der Waals surface area contributed by atoms with Gasteiger partial charge in [-0.1, -0.05) is 6.92 Å². The molecule has 0 spiro atoms. The van der Waals surface area contributed by atoms with Gasteiger partial charge < -0.3 is 15.0 Å². The summed E-state index contributed by atoms with van der Waals surface area (Å²) in [5.74, 6) is 2.75. The molecule has 3 aliphatic rings. The zero-order chi connectivity index (χ0) is 13.1. The Labute approximate surface area is 118 Å². The number of ether oxygens (including phenoxy) is 1. The van der Waals surface area contributed by atoms with Gasteiger partial charge in [-0.05, 0) is 50.5 Å². The molecule has 0 bridgehead atoms. The molecule has 3 heteroatoms. The number of hydrogen-bond acceptors (Lipinski definition) is 3. The molecule has 110 valence electrons. The van der Waals surface area contributed by atoms with E-state index in [2.05, 4.69) is 17.1 Å². The molecule has 0 amide bonds. The first-order chi connectivity index (χ1) is 9.35. The maximum Gasteiger partial charge on any atom is 0.0623 e. The van der Waals surface area contributed by atoms with Gasteiger partial charge in [-0.25, -0.2) is 0 Å². The molecule has 2 atom stereocenters. The van der Waals surface area contributed by atoms with Crippen molar-refractivity contribution in [3.05, 3.63) is 0 Å². The Balaban J connectivity index is 1.47. The van der Waals surface area contributed by atoms with Gasteiger partial charge in [0, 0.05) is 31.6 Å². The van der Waals surface area contributed by atoms with E-state index in [4.69, 9.17) is 4.74 Å². The third-order valence-corrected chi connectivity index (χ3v) is 4.77. The first-order valence-electron chi connectivity index (χ1n) is 8.38. The third-order valence-electron chi connectivity index (χ3n) is 4.77. The molecule has 3 fully saturated rings. The summed E-state index contributed by atoms with van der Waals surface area (Å²) in [4.78, 5) is 2.76. The van der Waals surface area contributed by atoms with Crippen molar-refractivity contribution < 1.29 is 4.74 Å². The maximum atomic E-state index is 5.72. The van der Waals surface area contributed by atoms with E-state index in [1.165, 1.54) is 51.7 Å². The van der Waals surface area contributed by atoms with Gasteiger partial charge in [0.2, 0.25) is 0 Å². The van der Waals surface area contributed by atoms with Crippen molar-refractivity contribution in [1.29, 1.82) is 0 Å². The summed E-state index contributed by atoms with van der Waals surface area (Å²) in [5.41, 5.74) is 0. The maximum absolute atomic E-state index is 5.72. The van der Waals surface area contributed by atoms with Gasteiger partial charge in [-0.3, -0.25) is 0 Å². The molecule has 0 radical (unpaired) electrons. The van der Waals surface area contributed by atoms with Crippen molar-refractivity contribution in [2.24, 2.45) is 17.8 Å². The minimum atomic E-state index is 0.598. The van der Waals surface area contributed by atoms with Gasteiger partial charge >= 0.3 is 0 Å². The molecule has 1 heterocycles. The summed E-state index contributed by atoms with van der Waals surface area (Å²) in [6.07, 6.45) is 7.11. The van der Waals surface area contributed by atoms with Crippen LogP contribution in [0.15, 0.2) is 0 Å². The summed E-state index contributed by atoms with van der Waals surface area (Å²) in [5, 5.41) is 3.67. The standard InChI is InChI=1S/C16H30N2O/c1-2-7-17-16-12-19-11-15(16)10-18(8-13-3-4-13)9-14-5-6-14/h13-17H,2-12H2,1H3. The molecule has 3 nitrogen and oxygen atoms in total. The van der Waals surface area contributed by atoms with Gasteiger partial charge in [0.25, 0.3) is 0 Å². The number of nitrogens with one attached hydrogen (secondary N) is 1. The van der Waals surface area contributed by atoms with Crippen molar-refractivity contribution in [2.75, 3.05) is 39.4 Å². The van der Waals surface area contributed by atoms with E-state index in [-0.39, 0.29) is 0 Å². The average molecular weight is 266 g/mol. The highest BCUT2D eigenvalue weighted by molar-refractivity contribution is 4.88. The molecule has 3 rings (SSSR count). The molecule has 1 saturated heterocycles. The van der Waals surface area contributed by atoms with Crippen LogP contribution in [0.5, 0.6) is 0 Å². The Bertz CT molecular complexity index is 262. The lowest BCUT2D eigenvalue weighted by molar-refractivity contribution is 0.162. The summed E-state index contributed by atoms with van der Waals surface area (Å²) < 4.78 is 5.72. The summed E-state index contributed by atoms with van der Waals surface area (Å²) in [6, 6.07) is 0.598. The predicted molar refractivity (Wildman–Crippen MR) is 78.3 cm³/mol. The van der Waals surface area contributed by atoms with E-state index in [1.807, 2.05) is 0 Å². The fourth-order valence-electron chi connectivity index (χ4n) is 3.22. The van der Waals surface area contributed by atoms with E-state index in [9.17, 15) is 0 Å². The van der Waals surface area contributed by atoms with Crippen LogP contribution in [-0.4, -0.2) is 50.3 Å². The molecule has 2 aliphatic carbocycles. The van der Waals surface area contributed by atoms with Crippen LogP contribution in [0.3, 0.4) is 0 Å². The smallest absolute Gasteiger partial charge is 0.0623 e. The van der Waals surface area contributed by atoms with Crippen molar-refractivity contribution >= 4 is 0 Å². The quantitative estimate of drug-likeness (QED) is 0.692. The van der Waals surface area contributed by atoms with Gasteiger partial charge in [0.1, 0.15) is 0 Å². The summed E-state index contributed by atoms with van der Waals surface area (Å²) >= 11 is 0. The molecule has 0 aromatic carbocycles. The molecule has 2 unspecified atom stereocenters. The molecule has 19 heavy (non-hydrogen) atoms. The molecular weight excluding hydrogens is 236 g/mol. The Morgan fingerprint density at radius 1 is 1.00 bits per heavy atom. The lowest BCUT2D eigenvalue weighted by Crippen LogP contribution is -2.43. The van der Waals surface area contributed by atoms with Crippen LogP contribution in [0.4, 0.5) is 0 Å². The Morgan fingerprint density at radius 3 is 2.26 bits per heavy atom. The molecule has 1 aliphatic heterocycles. The number of hydrogen-bond donors (Lipinski definition) is 1. The SMILES string of the molecule is CCCNC1COCC1CN(CC1CC1)CC1CC1. The Morgan fingerprint density at radius 2 is 1.68 bits per heavy atom. The van der Waals surface area contributed by atoms with Crippen LogP contribution in [-0.2, 0) is 4.74 Å². The van der Waals surface area contributed by atoms with Gasteiger partial charge in [-0.15, -0.1) is 0 Å². The third kappa shape index (κ3) is 4.44. The fraction of sp³-hybridized carbons (Fsp3) is 1.00. The van der Waals surface area contributed by atoms with E-state index in [1.54, 1.807) is 0 Å². The topological polar surface area (TPSA) is 24.5 Å². The van der Waals surface area contributed by atoms with E-state index >= 15 is 0 Å². The summed E-state index contributed by atoms with van der Waals surface area (Å²) in [7, 11) is 0. The van der Waals surface area contributed by atoms with Crippen molar-refractivity contribution in [2.45, 2.75) is 45.1 Å². The zero-order valence-electron chi connectivity index (χ0n) is 12.4. The molecule has 2 saturated carbocycles. The van der Waals surface area contributed by atoms with Crippen LogP contribution in [0.1, 0.15) is 39.0 Å². The average Bonchev–Trinajstić information content (AvgIpc) is 3.31. The largest absolute Gasteiger partial charge is 0.379 e. The second kappa shape index (κ2) is 6.55. The first kappa shape index (κ1) is 13.8. The van der Waals surface area contributed by atoms with Gasteiger partial charge in [0.15, 0.2) is 0 Å². The van der Waals surface area contributed by atoms with Crippen molar-refractivity contribution in [3.8, 4) is 0 Å². The highest BCUT2D eigenvalue weighted by Gasteiger charge is 2.34. The van der Waals surface area contributed by atoms with Gasteiger partial charge in [-0.2, -0.15) is 0 Å². The molecular formula is C16H30N2O. The molecule has 1 N–H and O–H groups in total. The van der Waals surface area contributed by atoms with E-state index < -0.39 is 0 Å². The number of nitrogens with zero attached hydrogens (tertiary/aromatic N) is 1. The van der Waals surface area contributed by atoms with Crippen LogP contribution < -0.4 is 5.32 Å². The fourth-order valence-corrected chi connectivity index (χ4v) is 3.22. The van der Waals surface area contributed by atoms with E-state index in [0.717, 1.165) is 31.6 Å². The zero-order valence-corrected chi connectivity index (χ0v) is 12.4. The highest BCUT2D eigenvalue weighted by atomic mass is 16.5. The normalized spacial score (nSPS) is 31.3. The lowest BCUT2D eigenvalue weighted by atomic mass is 10.0. The lowest BCUT2D eigenvalue weighted by Gasteiger charge is -2.28. The van der Waals surface area contributed by atoms with Crippen molar-refractivity contribution in [3.63, 3.8) is 0 Å². The monoisotopic (exact) mass is 266 g/mol. The highest BCUT2D eigenvalue weighted by Crippen LogP contribution is 2.34. The summed E-state index contributed by atoms with van der Waals surface area (Å²) in [6.45, 7) is 9.23. The Kier molecular flexibility index (Phi) is 4.78. The van der Waals surface area contributed by atoms with Crippen molar-refractivity contribution in [1.82, 2.24) is 10.2 Å². The number of rotatable bonds is 9. The van der Waals surface area contributed by atoms with Crippen LogP contribution >= 0.6 is 0 Å².